The Morgan fingerprint density at radius 3 is 2.89 bits per heavy atom. The smallest absolute Gasteiger partial charge is 0.151 e. The van der Waals surface area contributed by atoms with E-state index in [2.05, 4.69) is 4.98 Å². The van der Waals surface area contributed by atoms with Crippen molar-refractivity contribution in [1.29, 1.82) is 0 Å². The van der Waals surface area contributed by atoms with Crippen molar-refractivity contribution in [1.82, 2.24) is 9.55 Å². The molecule has 1 atom stereocenters. The van der Waals surface area contributed by atoms with Gasteiger partial charge in [0.1, 0.15) is 11.3 Å². The van der Waals surface area contributed by atoms with Gasteiger partial charge in [0.05, 0.1) is 11.6 Å². The van der Waals surface area contributed by atoms with E-state index >= 15 is 0 Å². The highest BCUT2D eigenvalue weighted by molar-refractivity contribution is 7.10. The Morgan fingerprint density at radius 2 is 2.21 bits per heavy atom. The molecule has 0 spiro atoms. The summed E-state index contributed by atoms with van der Waals surface area (Å²) in [6.07, 6.45) is 0. The molecule has 3 rings (SSSR count). The zero-order chi connectivity index (χ0) is 13.4. The zero-order valence-corrected chi connectivity index (χ0v) is 11.3. The molecule has 1 unspecified atom stereocenters. The molecule has 0 aliphatic carbocycles. The average molecular weight is 275 g/mol. The van der Waals surface area contributed by atoms with Crippen LogP contribution in [0.1, 0.15) is 23.7 Å². The lowest BCUT2D eigenvalue weighted by atomic mass is 10.2. The predicted molar refractivity (Wildman–Crippen MR) is 75.7 cm³/mol. The number of nitrogens with zero attached hydrogens (tertiary/aromatic N) is 2. The molecular formula is C14H14FN3S. The summed E-state index contributed by atoms with van der Waals surface area (Å²) in [6, 6.07) is 8.62. The summed E-state index contributed by atoms with van der Waals surface area (Å²) in [6.45, 7) is 2.73. The minimum atomic E-state index is -0.313. The fourth-order valence-corrected chi connectivity index (χ4v) is 3.02. The largest absolute Gasteiger partial charge is 0.327 e. The van der Waals surface area contributed by atoms with Crippen LogP contribution in [0.25, 0.3) is 11.0 Å². The van der Waals surface area contributed by atoms with E-state index < -0.39 is 0 Å². The number of hydrogen-bond acceptors (Lipinski definition) is 3. The summed E-state index contributed by atoms with van der Waals surface area (Å²) < 4.78 is 15.8. The number of aromatic nitrogens is 2. The van der Waals surface area contributed by atoms with Crippen LogP contribution in [0, 0.1) is 5.82 Å². The highest BCUT2D eigenvalue weighted by atomic mass is 32.1. The first-order valence-corrected chi connectivity index (χ1v) is 7.04. The molecule has 98 valence electrons. The van der Waals surface area contributed by atoms with Crippen molar-refractivity contribution in [3.63, 3.8) is 0 Å². The summed E-state index contributed by atoms with van der Waals surface area (Å²) in [5, 5.41) is 1.98. The summed E-state index contributed by atoms with van der Waals surface area (Å²) >= 11 is 1.59. The van der Waals surface area contributed by atoms with E-state index in [0.717, 1.165) is 10.4 Å². The first kappa shape index (κ1) is 12.3. The molecule has 0 amide bonds. The Hall–Kier alpha value is -1.72. The molecule has 1 aromatic carbocycles. The second kappa shape index (κ2) is 4.75. The molecule has 2 aromatic heterocycles. The van der Waals surface area contributed by atoms with Crippen LogP contribution in [0.5, 0.6) is 0 Å². The minimum absolute atomic E-state index is 0.302. The Kier molecular flexibility index (Phi) is 3.08. The fraction of sp³-hybridized carbons (Fsp3) is 0.214. The van der Waals surface area contributed by atoms with Crippen molar-refractivity contribution in [2.45, 2.75) is 19.5 Å². The molecule has 2 heterocycles. The maximum atomic E-state index is 13.8. The van der Waals surface area contributed by atoms with Gasteiger partial charge in [-0.15, -0.1) is 11.3 Å². The third-order valence-electron chi connectivity index (χ3n) is 3.20. The molecule has 5 heteroatoms. The van der Waals surface area contributed by atoms with Crippen molar-refractivity contribution in [3.8, 4) is 0 Å². The second-order valence-corrected chi connectivity index (χ2v) is 5.29. The SMILES string of the molecule is CCn1c(C(N)c2cccs2)nc2c(F)cccc21. The van der Waals surface area contributed by atoms with Gasteiger partial charge in [-0.1, -0.05) is 12.1 Å². The maximum absolute atomic E-state index is 13.8. The number of rotatable bonds is 3. The number of thiophene rings is 1. The number of benzene rings is 1. The van der Waals surface area contributed by atoms with Crippen LogP contribution in [0.15, 0.2) is 35.7 Å². The van der Waals surface area contributed by atoms with Crippen LogP contribution in [-0.4, -0.2) is 9.55 Å². The Morgan fingerprint density at radius 1 is 1.37 bits per heavy atom. The third kappa shape index (κ3) is 1.95. The van der Waals surface area contributed by atoms with Crippen molar-refractivity contribution in [2.24, 2.45) is 5.73 Å². The molecule has 2 N–H and O–H groups in total. The first-order valence-electron chi connectivity index (χ1n) is 6.16. The summed E-state index contributed by atoms with van der Waals surface area (Å²) in [7, 11) is 0. The van der Waals surface area contributed by atoms with Crippen molar-refractivity contribution < 1.29 is 4.39 Å². The molecule has 3 aromatic rings. The van der Waals surface area contributed by atoms with Gasteiger partial charge >= 0.3 is 0 Å². The molecule has 0 aliphatic heterocycles. The fourth-order valence-electron chi connectivity index (χ4n) is 2.30. The second-order valence-electron chi connectivity index (χ2n) is 4.31. The Balaban J connectivity index is 2.21. The molecule has 0 radical (unpaired) electrons. The zero-order valence-electron chi connectivity index (χ0n) is 10.5. The summed E-state index contributed by atoms with van der Waals surface area (Å²) in [5.74, 6) is 0.411. The van der Waals surface area contributed by atoms with Gasteiger partial charge in [0.15, 0.2) is 5.82 Å². The van der Waals surface area contributed by atoms with Crippen LogP contribution in [0.4, 0.5) is 4.39 Å². The lowest BCUT2D eigenvalue weighted by Crippen LogP contribution is -2.16. The van der Waals surface area contributed by atoms with Gasteiger partial charge < -0.3 is 10.3 Å². The van der Waals surface area contributed by atoms with E-state index in [0.29, 0.717) is 17.9 Å². The van der Waals surface area contributed by atoms with E-state index in [1.807, 2.05) is 35.1 Å². The van der Waals surface area contributed by atoms with E-state index in [4.69, 9.17) is 5.73 Å². The van der Waals surface area contributed by atoms with Crippen LogP contribution in [0.2, 0.25) is 0 Å². The number of imidazole rings is 1. The van der Waals surface area contributed by atoms with E-state index in [1.165, 1.54) is 6.07 Å². The van der Waals surface area contributed by atoms with Gasteiger partial charge in [0, 0.05) is 11.4 Å². The van der Waals surface area contributed by atoms with Crippen LogP contribution in [0.3, 0.4) is 0 Å². The molecule has 19 heavy (non-hydrogen) atoms. The first-order chi connectivity index (χ1) is 9.22. The molecular weight excluding hydrogens is 261 g/mol. The third-order valence-corrected chi connectivity index (χ3v) is 4.16. The normalized spacial score (nSPS) is 13.0. The van der Waals surface area contributed by atoms with E-state index in [1.54, 1.807) is 17.4 Å². The van der Waals surface area contributed by atoms with E-state index in [-0.39, 0.29) is 11.9 Å². The van der Waals surface area contributed by atoms with Gasteiger partial charge in [-0.25, -0.2) is 9.37 Å². The van der Waals surface area contributed by atoms with Gasteiger partial charge in [-0.3, -0.25) is 0 Å². The Labute approximate surface area is 114 Å². The number of halogens is 1. The number of hydrogen-bond donors (Lipinski definition) is 1. The number of nitrogens with two attached hydrogens (primary N) is 1. The lowest BCUT2D eigenvalue weighted by molar-refractivity contribution is 0.636. The number of fused-ring (bicyclic) bond motifs is 1. The molecule has 0 aliphatic rings. The molecule has 0 bridgehead atoms. The van der Waals surface area contributed by atoms with Crippen molar-refractivity contribution in [3.05, 3.63) is 52.2 Å². The highest BCUT2D eigenvalue weighted by Crippen LogP contribution is 2.27. The Bertz CT molecular complexity index is 703. The molecule has 0 fully saturated rings. The predicted octanol–water partition coefficient (Wildman–Crippen LogP) is 3.30. The summed E-state index contributed by atoms with van der Waals surface area (Å²) in [5.41, 5.74) is 7.45. The van der Waals surface area contributed by atoms with Gasteiger partial charge in [-0.05, 0) is 30.5 Å². The van der Waals surface area contributed by atoms with Gasteiger partial charge in [-0.2, -0.15) is 0 Å². The van der Waals surface area contributed by atoms with Crippen molar-refractivity contribution >= 4 is 22.4 Å². The maximum Gasteiger partial charge on any atom is 0.151 e. The minimum Gasteiger partial charge on any atom is -0.327 e. The van der Waals surface area contributed by atoms with Crippen LogP contribution < -0.4 is 5.73 Å². The average Bonchev–Trinajstić information content (AvgIpc) is 3.05. The topological polar surface area (TPSA) is 43.8 Å². The standard InChI is InChI=1S/C14H14FN3S/c1-2-18-10-6-3-5-9(15)13(10)17-14(18)12(16)11-7-4-8-19-11/h3-8,12H,2,16H2,1H3. The lowest BCUT2D eigenvalue weighted by Gasteiger charge is -2.11. The number of aryl methyl sites for hydroxylation is 1. The monoisotopic (exact) mass is 275 g/mol. The highest BCUT2D eigenvalue weighted by Gasteiger charge is 2.19. The number of para-hydroxylation sites is 1. The van der Waals surface area contributed by atoms with Crippen molar-refractivity contribution in [2.75, 3.05) is 0 Å². The molecule has 0 saturated heterocycles. The van der Waals surface area contributed by atoms with Gasteiger partial charge in [0.2, 0.25) is 0 Å². The van der Waals surface area contributed by atoms with E-state index in [9.17, 15) is 4.39 Å². The molecule has 3 nitrogen and oxygen atoms in total. The summed E-state index contributed by atoms with van der Waals surface area (Å²) in [4.78, 5) is 5.44. The van der Waals surface area contributed by atoms with Crippen LogP contribution in [-0.2, 0) is 6.54 Å². The van der Waals surface area contributed by atoms with Gasteiger partial charge in [0.25, 0.3) is 0 Å². The molecule has 0 saturated carbocycles. The quantitative estimate of drug-likeness (QED) is 0.797. The van der Waals surface area contributed by atoms with Crippen LogP contribution >= 0.6 is 11.3 Å².